The summed E-state index contributed by atoms with van der Waals surface area (Å²) in [5, 5.41) is 0. The van der Waals surface area contributed by atoms with Crippen molar-refractivity contribution in [1.82, 2.24) is 9.88 Å². The Morgan fingerprint density at radius 3 is 2.73 bits per heavy atom. The Labute approximate surface area is 151 Å². The Morgan fingerprint density at radius 1 is 1.15 bits per heavy atom. The molecular formula is C21H21FN2O2. The molecule has 1 aliphatic heterocycles. The molecule has 1 saturated heterocycles. The Hall–Kier alpha value is -2.69. The Kier molecular flexibility index (Phi) is 4.69. The molecule has 4 rings (SSSR count). The number of aryl methyl sites for hydroxylation is 1. The molecule has 0 spiro atoms. The number of hydrogen-bond donors (Lipinski definition) is 0. The predicted octanol–water partition coefficient (Wildman–Crippen LogP) is 4.31. The Balaban J connectivity index is 1.32. The number of halogens is 1. The highest BCUT2D eigenvalue weighted by atomic mass is 19.1. The molecule has 26 heavy (non-hydrogen) atoms. The molecule has 1 aromatic heterocycles. The second-order valence-corrected chi connectivity index (χ2v) is 6.80. The number of carbonyl (C=O) groups excluding carboxylic acids is 1. The summed E-state index contributed by atoms with van der Waals surface area (Å²) in [5.74, 6) is 0.909. The fourth-order valence-corrected chi connectivity index (χ4v) is 3.54. The SMILES string of the molecule is O=C(CCc1cccc(F)c1)N1CCC(c2nc3ccccc3o2)CC1. The lowest BCUT2D eigenvalue weighted by molar-refractivity contribution is -0.132. The van der Waals surface area contributed by atoms with E-state index in [1.807, 2.05) is 35.2 Å². The minimum absolute atomic E-state index is 0.130. The van der Waals surface area contributed by atoms with Gasteiger partial charge in [-0.25, -0.2) is 9.37 Å². The van der Waals surface area contributed by atoms with E-state index in [1.54, 1.807) is 6.07 Å². The van der Waals surface area contributed by atoms with E-state index in [1.165, 1.54) is 12.1 Å². The first-order chi connectivity index (χ1) is 12.7. The molecule has 0 radical (unpaired) electrons. The van der Waals surface area contributed by atoms with Crippen LogP contribution < -0.4 is 0 Å². The number of oxazole rings is 1. The van der Waals surface area contributed by atoms with Gasteiger partial charge >= 0.3 is 0 Å². The maximum absolute atomic E-state index is 13.2. The average Bonchev–Trinajstić information content (AvgIpc) is 3.10. The molecule has 0 unspecified atom stereocenters. The van der Waals surface area contributed by atoms with E-state index in [9.17, 15) is 9.18 Å². The molecule has 1 amide bonds. The van der Waals surface area contributed by atoms with Crippen LogP contribution in [0.3, 0.4) is 0 Å². The van der Waals surface area contributed by atoms with Crippen LogP contribution in [0.15, 0.2) is 52.9 Å². The third kappa shape index (κ3) is 3.62. The second-order valence-electron chi connectivity index (χ2n) is 6.80. The first-order valence-corrected chi connectivity index (χ1v) is 9.07. The number of likely N-dealkylation sites (tertiary alicyclic amines) is 1. The highest BCUT2D eigenvalue weighted by Gasteiger charge is 2.26. The van der Waals surface area contributed by atoms with Crippen LogP contribution in [0.4, 0.5) is 4.39 Å². The molecule has 3 aromatic rings. The maximum atomic E-state index is 13.2. The van der Waals surface area contributed by atoms with Crippen LogP contribution in [-0.2, 0) is 11.2 Å². The number of piperidine rings is 1. The van der Waals surface area contributed by atoms with Gasteiger partial charge in [-0.1, -0.05) is 24.3 Å². The lowest BCUT2D eigenvalue weighted by Gasteiger charge is -2.30. The number of rotatable bonds is 4. The van der Waals surface area contributed by atoms with Crippen LogP contribution in [0.25, 0.3) is 11.1 Å². The average molecular weight is 352 g/mol. The normalized spacial score (nSPS) is 15.5. The van der Waals surface area contributed by atoms with Gasteiger partial charge in [0.05, 0.1) is 0 Å². The molecule has 1 fully saturated rings. The lowest BCUT2D eigenvalue weighted by Crippen LogP contribution is -2.38. The van der Waals surface area contributed by atoms with Crippen LogP contribution >= 0.6 is 0 Å². The Bertz CT molecular complexity index is 880. The minimum Gasteiger partial charge on any atom is -0.440 e. The van der Waals surface area contributed by atoms with Gasteiger partial charge in [-0.3, -0.25) is 4.79 Å². The van der Waals surface area contributed by atoms with Crippen LogP contribution in [0.1, 0.15) is 36.6 Å². The number of carbonyl (C=O) groups is 1. The first-order valence-electron chi connectivity index (χ1n) is 9.07. The summed E-state index contributed by atoms with van der Waals surface area (Å²) in [6.45, 7) is 1.43. The summed E-state index contributed by atoms with van der Waals surface area (Å²) in [6, 6.07) is 14.2. The van der Waals surface area contributed by atoms with Crippen molar-refractivity contribution in [3.63, 3.8) is 0 Å². The third-order valence-electron chi connectivity index (χ3n) is 5.02. The molecule has 0 atom stereocenters. The number of fused-ring (bicyclic) bond motifs is 1. The molecule has 2 aromatic carbocycles. The number of nitrogens with zero attached hydrogens (tertiary/aromatic N) is 2. The molecule has 134 valence electrons. The smallest absolute Gasteiger partial charge is 0.222 e. The molecule has 4 nitrogen and oxygen atoms in total. The second kappa shape index (κ2) is 7.28. The molecule has 0 N–H and O–H groups in total. The van der Waals surface area contributed by atoms with Gasteiger partial charge in [0.15, 0.2) is 11.5 Å². The van der Waals surface area contributed by atoms with Gasteiger partial charge in [-0.2, -0.15) is 0 Å². The summed E-state index contributed by atoms with van der Waals surface area (Å²) >= 11 is 0. The van der Waals surface area contributed by atoms with E-state index >= 15 is 0 Å². The van der Waals surface area contributed by atoms with E-state index in [0.29, 0.717) is 25.9 Å². The zero-order valence-corrected chi connectivity index (χ0v) is 14.5. The number of hydrogen-bond acceptors (Lipinski definition) is 3. The molecule has 0 bridgehead atoms. The van der Waals surface area contributed by atoms with Crippen molar-refractivity contribution in [2.75, 3.05) is 13.1 Å². The fraction of sp³-hybridized carbons (Fsp3) is 0.333. The van der Waals surface area contributed by atoms with Crippen molar-refractivity contribution in [2.24, 2.45) is 0 Å². The van der Waals surface area contributed by atoms with Crippen LogP contribution in [0.2, 0.25) is 0 Å². The fourth-order valence-electron chi connectivity index (χ4n) is 3.54. The molecule has 0 aliphatic carbocycles. The van der Waals surface area contributed by atoms with Crippen molar-refractivity contribution < 1.29 is 13.6 Å². The van der Waals surface area contributed by atoms with Crippen molar-refractivity contribution >= 4 is 17.0 Å². The van der Waals surface area contributed by atoms with E-state index in [0.717, 1.165) is 35.4 Å². The van der Waals surface area contributed by atoms with E-state index < -0.39 is 0 Å². The van der Waals surface area contributed by atoms with Gasteiger partial charge in [0.2, 0.25) is 5.91 Å². The van der Waals surface area contributed by atoms with Gasteiger partial charge in [0.1, 0.15) is 11.3 Å². The topological polar surface area (TPSA) is 46.3 Å². The highest BCUT2D eigenvalue weighted by Crippen LogP contribution is 2.30. The van der Waals surface area contributed by atoms with Crippen molar-refractivity contribution in [2.45, 2.75) is 31.6 Å². The van der Waals surface area contributed by atoms with Crippen LogP contribution in [-0.4, -0.2) is 28.9 Å². The number of benzene rings is 2. The molecule has 0 saturated carbocycles. The first kappa shape index (κ1) is 16.8. The molecule has 1 aliphatic rings. The van der Waals surface area contributed by atoms with Crippen LogP contribution in [0, 0.1) is 5.82 Å². The zero-order chi connectivity index (χ0) is 17.9. The maximum Gasteiger partial charge on any atom is 0.222 e. The van der Waals surface area contributed by atoms with Gasteiger partial charge in [0, 0.05) is 25.4 Å². The van der Waals surface area contributed by atoms with Gasteiger partial charge in [-0.05, 0) is 49.1 Å². The third-order valence-corrected chi connectivity index (χ3v) is 5.02. The zero-order valence-electron chi connectivity index (χ0n) is 14.5. The Morgan fingerprint density at radius 2 is 1.96 bits per heavy atom. The number of aromatic nitrogens is 1. The quantitative estimate of drug-likeness (QED) is 0.703. The van der Waals surface area contributed by atoms with E-state index in [-0.39, 0.29) is 17.6 Å². The minimum atomic E-state index is -0.255. The summed E-state index contributed by atoms with van der Waals surface area (Å²) in [5.41, 5.74) is 2.56. The molecular weight excluding hydrogens is 331 g/mol. The monoisotopic (exact) mass is 352 g/mol. The van der Waals surface area contributed by atoms with E-state index in [4.69, 9.17) is 4.42 Å². The van der Waals surface area contributed by atoms with Gasteiger partial charge in [0.25, 0.3) is 0 Å². The molecule has 5 heteroatoms. The van der Waals surface area contributed by atoms with Gasteiger partial charge in [-0.15, -0.1) is 0 Å². The lowest BCUT2D eigenvalue weighted by atomic mass is 9.96. The van der Waals surface area contributed by atoms with Crippen molar-refractivity contribution in [1.29, 1.82) is 0 Å². The summed E-state index contributed by atoms with van der Waals surface area (Å²) in [6.07, 6.45) is 2.70. The van der Waals surface area contributed by atoms with Gasteiger partial charge < -0.3 is 9.32 Å². The highest BCUT2D eigenvalue weighted by molar-refractivity contribution is 5.76. The molecule has 2 heterocycles. The predicted molar refractivity (Wildman–Crippen MR) is 97.3 cm³/mol. The summed E-state index contributed by atoms with van der Waals surface area (Å²) < 4.78 is 19.1. The van der Waals surface area contributed by atoms with Crippen LogP contribution in [0.5, 0.6) is 0 Å². The van der Waals surface area contributed by atoms with Crippen molar-refractivity contribution in [3.05, 3.63) is 65.8 Å². The standard InChI is InChI=1S/C21H21FN2O2/c22-17-5-3-4-15(14-17)8-9-20(25)24-12-10-16(11-13-24)21-23-18-6-1-2-7-19(18)26-21/h1-7,14,16H,8-13H2. The van der Waals surface area contributed by atoms with E-state index in [2.05, 4.69) is 4.98 Å². The summed E-state index contributed by atoms with van der Waals surface area (Å²) in [7, 11) is 0. The van der Waals surface area contributed by atoms with Crippen molar-refractivity contribution in [3.8, 4) is 0 Å². The largest absolute Gasteiger partial charge is 0.440 e. The number of amides is 1. The number of para-hydroxylation sites is 2. The summed E-state index contributed by atoms with van der Waals surface area (Å²) in [4.78, 5) is 18.9.